The number of allylic oxidation sites excluding steroid dienone is 1. The number of hydrogen-bond donors (Lipinski definition) is 0. The van der Waals surface area contributed by atoms with E-state index in [9.17, 15) is 4.79 Å². The molecule has 0 radical (unpaired) electrons. The molecule has 1 heterocycles. The molecule has 0 saturated carbocycles. The summed E-state index contributed by atoms with van der Waals surface area (Å²) in [6.45, 7) is 0. The predicted molar refractivity (Wildman–Crippen MR) is 56.2 cm³/mol. The van der Waals surface area contributed by atoms with E-state index in [0.29, 0.717) is 9.75 Å². The molecule has 3 nitrogen and oxygen atoms in total. The molecule has 0 aliphatic heterocycles. The molecule has 1 rings (SSSR count). The highest BCUT2D eigenvalue weighted by Crippen LogP contribution is 2.16. The molecule has 0 atom stereocenters. The van der Waals surface area contributed by atoms with E-state index in [1.54, 1.807) is 23.2 Å². The monoisotopic (exact) mass is 206 g/mol. The second-order valence-electron chi connectivity index (χ2n) is 2.92. The molecule has 4 heteroatoms. The van der Waals surface area contributed by atoms with Gasteiger partial charge in [0.05, 0.1) is 4.88 Å². The summed E-state index contributed by atoms with van der Waals surface area (Å²) >= 11 is 1.21. The van der Waals surface area contributed by atoms with E-state index in [0.717, 1.165) is 0 Å². The van der Waals surface area contributed by atoms with Crippen molar-refractivity contribution < 1.29 is 4.79 Å². The van der Waals surface area contributed by atoms with Crippen molar-refractivity contribution in [1.29, 1.82) is 5.26 Å². The van der Waals surface area contributed by atoms with Gasteiger partial charge in [0, 0.05) is 26.4 Å². The van der Waals surface area contributed by atoms with E-state index in [1.807, 2.05) is 20.2 Å². The first-order valence-electron chi connectivity index (χ1n) is 4.02. The van der Waals surface area contributed by atoms with Gasteiger partial charge in [0.1, 0.15) is 10.9 Å². The maximum Gasteiger partial charge on any atom is 0.197 e. The van der Waals surface area contributed by atoms with Crippen LogP contribution in [0.2, 0.25) is 0 Å². The van der Waals surface area contributed by atoms with Crippen LogP contribution in [0.25, 0.3) is 0 Å². The fourth-order valence-electron chi connectivity index (χ4n) is 0.829. The van der Waals surface area contributed by atoms with Crippen LogP contribution < -0.4 is 0 Å². The number of nitrogens with zero attached hydrogens (tertiary/aromatic N) is 2. The van der Waals surface area contributed by atoms with Gasteiger partial charge in [-0.3, -0.25) is 4.79 Å². The van der Waals surface area contributed by atoms with Gasteiger partial charge in [0.2, 0.25) is 0 Å². The lowest BCUT2D eigenvalue weighted by Gasteiger charge is -2.01. The third-order valence-electron chi connectivity index (χ3n) is 1.48. The summed E-state index contributed by atoms with van der Waals surface area (Å²) in [5.74, 6) is -0.0646. The first-order valence-corrected chi connectivity index (χ1v) is 4.84. The lowest BCUT2D eigenvalue weighted by molar-refractivity contribution is 0.104. The van der Waals surface area contributed by atoms with Crippen molar-refractivity contribution in [3.8, 4) is 6.07 Å². The molecule has 0 N–H and O–H groups in total. The number of hydrogen-bond acceptors (Lipinski definition) is 4. The Hall–Kier alpha value is -1.60. The van der Waals surface area contributed by atoms with Crippen molar-refractivity contribution in [3.05, 3.63) is 34.2 Å². The summed E-state index contributed by atoms with van der Waals surface area (Å²) < 4.78 is 0. The highest BCUT2D eigenvalue weighted by molar-refractivity contribution is 7.14. The molecule has 1 aromatic rings. The van der Waals surface area contributed by atoms with Gasteiger partial charge < -0.3 is 4.90 Å². The van der Waals surface area contributed by atoms with Gasteiger partial charge in [-0.2, -0.15) is 5.26 Å². The maximum absolute atomic E-state index is 11.5. The van der Waals surface area contributed by atoms with Crippen molar-refractivity contribution in [3.63, 3.8) is 0 Å². The van der Waals surface area contributed by atoms with Gasteiger partial charge >= 0.3 is 0 Å². The molecule has 0 aliphatic carbocycles. The van der Waals surface area contributed by atoms with E-state index >= 15 is 0 Å². The number of carbonyl (C=O) groups is 1. The van der Waals surface area contributed by atoms with Gasteiger partial charge in [-0.05, 0) is 12.1 Å². The Morgan fingerprint density at radius 1 is 1.57 bits per heavy atom. The van der Waals surface area contributed by atoms with Crippen LogP contribution in [0.1, 0.15) is 14.5 Å². The van der Waals surface area contributed by atoms with Gasteiger partial charge in [0.25, 0.3) is 0 Å². The number of nitriles is 1. The smallest absolute Gasteiger partial charge is 0.197 e. The molecule has 0 amide bonds. The molecule has 0 saturated heterocycles. The van der Waals surface area contributed by atoms with Gasteiger partial charge in [-0.25, -0.2) is 0 Å². The molecule has 1 aromatic heterocycles. The zero-order valence-corrected chi connectivity index (χ0v) is 8.84. The third kappa shape index (κ3) is 2.71. The quantitative estimate of drug-likeness (QED) is 0.560. The average molecular weight is 206 g/mol. The average Bonchev–Trinajstić information content (AvgIpc) is 2.62. The normalized spacial score (nSPS) is 10.1. The van der Waals surface area contributed by atoms with Crippen molar-refractivity contribution in [1.82, 2.24) is 4.90 Å². The number of thiophene rings is 1. The Morgan fingerprint density at radius 3 is 2.79 bits per heavy atom. The summed E-state index contributed by atoms with van der Waals surface area (Å²) in [6, 6.07) is 5.33. The van der Waals surface area contributed by atoms with Crippen LogP contribution in [0.4, 0.5) is 0 Å². The molecule has 0 fully saturated rings. The standard InChI is InChI=1S/C10H10N2OS/c1-12(2)6-5-9(13)10-4-3-8(7-11)14-10/h3-6H,1-2H3. The fourth-order valence-corrected chi connectivity index (χ4v) is 1.55. The highest BCUT2D eigenvalue weighted by Gasteiger charge is 2.05. The second kappa shape index (κ2) is 4.58. The topological polar surface area (TPSA) is 44.1 Å². The Kier molecular flexibility index (Phi) is 3.43. The molecule has 0 bridgehead atoms. The summed E-state index contributed by atoms with van der Waals surface area (Å²) in [5, 5.41) is 8.57. The van der Waals surface area contributed by atoms with Gasteiger partial charge in [-0.15, -0.1) is 11.3 Å². The Morgan fingerprint density at radius 2 is 2.29 bits per heavy atom. The molecular weight excluding hydrogens is 196 g/mol. The minimum absolute atomic E-state index is 0.0646. The maximum atomic E-state index is 11.5. The van der Waals surface area contributed by atoms with E-state index in [2.05, 4.69) is 0 Å². The van der Waals surface area contributed by atoms with E-state index in [1.165, 1.54) is 17.4 Å². The third-order valence-corrected chi connectivity index (χ3v) is 2.49. The number of carbonyl (C=O) groups excluding carboxylic acids is 1. The molecular formula is C10H10N2OS. The van der Waals surface area contributed by atoms with Crippen LogP contribution in [0.3, 0.4) is 0 Å². The van der Waals surface area contributed by atoms with Crippen LogP contribution in [0.15, 0.2) is 24.4 Å². The first kappa shape index (κ1) is 10.5. The zero-order chi connectivity index (χ0) is 10.6. The minimum Gasteiger partial charge on any atom is -0.383 e. The number of ketones is 1. The largest absolute Gasteiger partial charge is 0.383 e. The summed E-state index contributed by atoms with van der Waals surface area (Å²) in [7, 11) is 3.69. The Bertz CT molecular complexity index is 398. The van der Waals surface area contributed by atoms with Gasteiger partial charge in [0.15, 0.2) is 5.78 Å². The van der Waals surface area contributed by atoms with Crippen LogP contribution in [0, 0.1) is 11.3 Å². The molecule has 14 heavy (non-hydrogen) atoms. The molecule has 0 aromatic carbocycles. The minimum atomic E-state index is -0.0646. The lowest BCUT2D eigenvalue weighted by Crippen LogP contribution is -2.02. The van der Waals surface area contributed by atoms with Crippen molar-refractivity contribution in [2.24, 2.45) is 0 Å². The summed E-state index contributed by atoms with van der Waals surface area (Å²) in [4.78, 5) is 14.4. The van der Waals surface area contributed by atoms with Crippen LogP contribution in [-0.2, 0) is 0 Å². The van der Waals surface area contributed by atoms with Gasteiger partial charge in [-0.1, -0.05) is 0 Å². The van der Waals surface area contributed by atoms with E-state index in [4.69, 9.17) is 5.26 Å². The molecule has 0 unspecified atom stereocenters. The Labute approximate surface area is 86.9 Å². The molecule has 72 valence electrons. The summed E-state index contributed by atoms with van der Waals surface area (Å²) in [6.07, 6.45) is 3.18. The van der Waals surface area contributed by atoms with Crippen molar-refractivity contribution >= 4 is 17.1 Å². The van der Waals surface area contributed by atoms with E-state index in [-0.39, 0.29) is 5.78 Å². The number of rotatable bonds is 3. The fraction of sp³-hybridized carbons (Fsp3) is 0.200. The van der Waals surface area contributed by atoms with Crippen LogP contribution >= 0.6 is 11.3 Å². The predicted octanol–water partition coefficient (Wildman–Crippen LogP) is 1.88. The lowest BCUT2D eigenvalue weighted by atomic mass is 10.3. The van der Waals surface area contributed by atoms with Crippen molar-refractivity contribution in [2.45, 2.75) is 0 Å². The second-order valence-corrected chi connectivity index (χ2v) is 4.00. The van der Waals surface area contributed by atoms with Crippen LogP contribution in [-0.4, -0.2) is 24.8 Å². The zero-order valence-electron chi connectivity index (χ0n) is 8.02. The summed E-state index contributed by atoms with van der Waals surface area (Å²) in [5.41, 5.74) is 0. The molecule has 0 aliphatic rings. The SMILES string of the molecule is CN(C)C=CC(=O)c1ccc(C#N)s1. The van der Waals surface area contributed by atoms with Crippen LogP contribution in [0.5, 0.6) is 0 Å². The highest BCUT2D eigenvalue weighted by atomic mass is 32.1. The van der Waals surface area contributed by atoms with Crippen molar-refractivity contribution in [2.75, 3.05) is 14.1 Å². The first-order chi connectivity index (χ1) is 6.63. The molecule has 0 spiro atoms. The Balaban J connectivity index is 2.76. The van der Waals surface area contributed by atoms with E-state index < -0.39 is 0 Å².